The third-order valence-electron chi connectivity index (χ3n) is 5.32. The van der Waals surface area contributed by atoms with Gasteiger partial charge in [0.2, 0.25) is 17.7 Å². The number of thioether (sulfide) groups is 1. The summed E-state index contributed by atoms with van der Waals surface area (Å²) in [7, 11) is 1.27. The minimum absolute atomic E-state index is 0.0288. The molecule has 1 unspecified atom stereocenters. The topological polar surface area (TPSA) is 110 Å². The van der Waals surface area contributed by atoms with Crippen LogP contribution in [-0.4, -0.2) is 47.5 Å². The molecule has 4 rings (SSSR count). The third kappa shape index (κ3) is 3.92. The molecule has 10 heteroatoms. The normalized spacial score (nSPS) is 18.3. The molecule has 1 aromatic heterocycles. The van der Waals surface area contributed by atoms with Gasteiger partial charge in [0.25, 0.3) is 0 Å². The zero-order valence-corrected chi connectivity index (χ0v) is 18.7. The number of nitrogen functional groups attached to an aromatic ring is 1. The Kier molecular flexibility index (Phi) is 5.76. The molecule has 0 bridgehead atoms. The van der Waals surface area contributed by atoms with Crippen molar-refractivity contribution in [3.05, 3.63) is 40.3 Å². The fourth-order valence-electron chi connectivity index (χ4n) is 3.79. The van der Waals surface area contributed by atoms with Crippen LogP contribution in [0.2, 0.25) is 0 Å². The number of nitrogens with two attached hydrogens (primary N) is 1. The fourth-order valence-corrected chi connectivity index (χ4v) is 6.28. The number of anilines is 2. The molecule has 1 saturated heterocycles. The highest BCUT2D eigenvalue weighted by atomic mass is 32.2. The lowest BCUT2D eigenvalue weighted by Crippen LogP contribution is -2.34. The minimum atomic E-state index is -0.604. The average Bonchev–Trinajstić information content (AvgIpc) is 3.23. The van der Waals surface area contributed by atoms with Crippen LogP contribution in [0.1, 0.15) is 34.1 Å². The molecule has 2 aliphatic rings. The van der Waals surface area contributed by atoms with Crippen LogP contribution in [0.15, 0.2) is 29.2 Å². The summed E-state index contributed by atoms with van der Waals surface area (Å²) in [4.78, 5) is 54.8. The minimum Gasteiger partial charge on any atom is -0.465 e. The van der Waals surface area contributed by atoms with Crippen LogP contribution in [0.4, 0.5) is 10.7 Å². The van der Waals surface area contributed by atoms with E-state index in [1.165, 1.54) is 37.1 Å². The highest BCUT2D eigenvalue weighted by molar-refractivity contribution is 8.00. The predicted octanol–water partition coefficient (Wildman–Crippen LogP) is 2.45. The van der Waals surface area contributed by atoms with Gasteiger partial charge in [-0.2, -0.15) is 0 Å². The quantitative estimate of drug-likeness (QED) is 0.425. The van der Waals surface area contributed by atoms with Crippen molar-refractivity contribution in [2.75, 3.05) is 24.3 Å². The molecule has 0 spiro atoms. The number of esters is 1. The molecule has 31 heavy (non-hydrogen) atoms. The molecule has 2 aliphatic heterocycles. The van der Waals surface area contributed by atoms with E-state index in [-0.39, 0.29) is 34.7 Å². The first-order chi connectivity index (χ1) is 14.8. The van der Waals surface area contributed by atoms with E-state index in [9.17, 15) is 19.2 Å². The Labute approximate surface area is 187 Å². The van der Waals surface area contributed by atoms with Crippen LogP contribution < -0.4 is 10.6 Å². The summed E-state index contributed by atoms with van der Waals surface area (Å²) in [5, 5.41) is -0.319. The number of hydrogen-bond acceptors (Lipinski definition) is 8. The van der Waals surface area contributed by atoms with Gasteiger partial charge >= 0.3 is 5.97 Å². The van der Waals surface area contributed by atoms with Crippen molar-refractivity contribution in [2.45, 2.75) is 36.5 Å². The van der Waals surface area contributed by atoms with Crippen molar-refractivity contribution in [3.8, 4) is 0 Å². The van der Waals surface area contributed by atoms with E-state index in [4.69, 9.17) is 10.5 Å². The van der Waals surface area contributed by atoms with Crippen molar-refractivity contribution in [2.24, 2.45) is 0 Å². The second kappa shape index (κ2) is 8.35. The molecule has 1 aromatic carbocycles. The Bertz CT molecular complexity index is 1100. The summed E-state index contributed by atoms with van der Waals surface area (Å²) in [6, 6.07) is 7.13. The number of fused-ring (bicyclic) bond motifs is 1. The molecule has 0 aliphatic carbocycles. The molecule has 0 saturated carbocycles. The number of rotatable bonds is 4. The molecule has 1 atom stereocenters. The van der Waals surface area contributed by atoms with E-state index >= 15 is 0 Å². The Hall–Kier alpha value is -2.85. The standard InChI is InChI=1S/C21H21N3O5S2/c1-11(25)23-7-6-14-16(10-23)31-20(18(14)21(28)29-2)24-17(26)9-15(19(24)27)30-13-5-3-4-12(22)8-13/h3-5,8,15H,6-7,9-10,22H2,1-2H3. The zero-order valence-electron chi connectivity index (χ0n) is 17.0. The predicted molar refractivity (Wildman–Crippen MR) is 118 cm³/mol. The van der Waals surface area contributed by atoms with Crippen molar-refractivity contribution in [1.29, 1.82) is 0 Å². The molecule has 8 nitrogen and oxygen atoms in total. The summed E-state index contributed by atoms with van der Waals surface area (Å²) < 4.78 is 4.96. The maximum atomic E-state index is 13.2. The Morgan fingerprint density at radius 2 is 2.06 bits per heavy atom. The molecule has 0 radical (unpaired) electrons. The number of ether oxygens (including phenoxy) is 1. The molecule has 3 heterocycles. The molecule has 162 valence electrons. The van der Waals surface area contributed by atoms with Gasteiger partial charge in [-0.15, -0.1) is 23.1 Å². The molecular weight excluding hydrogens is 438 g/mol. The highest BCUT2D eigenvalue weighted by Gasteiger charge is 2.44. The Morgan fingerprint density at radius 1 is 1.29 bits per heavy atom. The first-order valence-corrected chi connectivity index (χ1v) is 11.4. The van der Waals surface area contributed by atoms with Gasteiger partial charge in [-0.05, 0) is 30.2 Å². The summed E-state index contributed by atoms with van der Waals surface area (Å²) in [5.74, 6) is -1.38. The Morgan fingerprint density at radius 3 is 2.74 bits per heavy atom. The molecular formula is C21H21N3O5S2. The first kappa shape index (κ1) is 21.4. The number of carbonyl (C=O) groups is 4. The van der Waals surface area contributed by atoms with Gasteiger partial charge in [-0.25, -0.2) is 9.69 Å². The van der Waals surface area contributed by atoms with E-state index in [0.717, 1.165) is 20.2 Å². The van der Waals surface area contributed by atoms with Crippen LogP contribution in [0, 0.1) is 0 Å². The number of benzene rings is 1. The zero-order chi connectivity index (χ0) is 22.3. The molecule has 2 N–H and O–H groups in total. The lowest BCUT2D eigenvalue weighted by atomic mass is 10.0. The highest BCUT2D eigenvalue weighted by Crippen LogP contribution is 2.43. The lowest BCUT2D eigenvalue weighted by molar-refractivity contribution is -0.129. The van der Waals surface area contributed by atoms with Crippen molar-refractivity contribution >= 4 is 57.5 Å². The lowest BCUT2D eigenvalue weighted by Gasteiger charge is -2.25. The number of carbonyl (C=O) groups excluding carboxylic acids is 4. The largest absolute Gasteiger partial charge is 0.465 e. The summed E-state index contributed by atoms with van der Waals surface area (Å²) in [5.41, 5.74) is 7.39. The second-order valence-corrected chi connectivity index (χ2v) is 9.68. The van der Waals surface area contributed by atoms with Crippen LogP contribution >= 0.6 is 23.1 Å². The number of methoxy groups -OCH3 is 1. The maximum Gasteiger partial charge on any atom is 0.341 e. The van der Waals surface area contributed by atoms with E-state index < -0.39 is 11.2 Å². The van der Waals surface area contributed by atoms with Gasteiger partial charge < -0.3 is 15.4 Å². The molecule has 1 fully saturated rings. The van der Waals surface area contributed by atoms with Gasteiger partial charge in [-0.1, -0.05) is 6.07 Å². The van der Waals surface area contributed by atoms with Gasteiger partial charge in [0.15, 0.2) is 0 Å². The third-order valence-corrected chi connectivity index (χ3v) is 7.70. The second-order valence-electron chi connectivity index (χ2n) is 7.32. The van der Waals surface area contributed by atoms with Gasteiger partial charge in [0.1, 0.15) is 5.00 Å². The first-order valence-electron chi connectivity index (χ1n) is 9.67. The number of amides is 3. The number of thiophene rings is 1. The van der Waals surface area contributed by atoms with Crippen LogP contribution in [0.25, 0.3) is 0 Å². The summed E-state index contributed by atoms with van der Waals surface area (Å²) in [6.07, 6.45) is 0.495. The summed E-state index contributed by atoms with van der Waals surface area (Å²) in [6.45, 7) is 2.31. The van der Waals surface area contributed by atoms with Crippen molar-refractivity contribution < 1.29 is 23.9 Å². The Balaban J connectivity index is 1.68. The van der Waals surface area contributed by atoms with Crippen molar-refractivity contribution in [3.63, 3.8) is 0 Å². The molecule has 3 amide bonds. The van der Waals surface area contributed by atoms with E-state index in [2.05, 4.69) is 0 Å². The van der Waals surface area contributed by atoms with Crippen LogP contribution in [0.3, 0.4) is 0 Å². The number of hydrogen-bond donors (Lipinski definition) is 1. The number of nitrogens with zero attached hydrogens (tertiary/aromatic N) is 2. The smallest absolute Gasteiger partial charge is 0.341 e. The monoisotopic (exact) mass is 459 g/mol. The van der Waals surface area contributed by atoms with Gasteiger partial charge in [-0.3, -0.25) is 14.4 Å². The fraction of sp³-hybridized carbons (Fsp3) is 0.333. The van der Waals surface area contributed by atoms with Crippen LogP contribution in [-0.2, 0) is 32.1 Å². The SMILES string of the molecule is COC(=O)c1c(N2C(=O)CC(Sc3cccc(N)c3)C2=O)sc2c1CCN(C(C)=O)C2. The summed E-state index contributed by atoms with van der Waals surface area (Å²) >= 11 is 2.48. The maximum absolute atomic E-state index is 13.2. The van der Waals surface area contributed by atoms with Gasteiger partial charge in [0, 0.05) is 35.3 Å². The number of imide groups is 1. The van der Waals surface area contributed by atoms with E-state index in [1.807, 2.05) is 6.07 Å². The van der Waals surface area contributed by atoms with E-state index in [0.29, 0.717) is 25.2 Å². The van der Waals surface area contributed by atoms with Crippen molar-refractivity contribution in [1.82, 2.24) is 4.90 Å². The van der Waals surface area contributed by atoms with Gasteiger partial charge in [0.05, 0.1) is 24.5 Å². The van der Waals surface area contributed by atoms with Crippen LogP contribution in [0.5, 0.6) is 0 Å². The van der Waals surface area contributed by atoms with E-state index in [1.54, 1.807) is 23.1 Å². The molecule has 2 aromatic rings. The average molecular weight is 460 g/mol.